The van der Waals surface area contributed by atoms with Gasteiger partial charge in [0, 0.05) is 24.2 Å². The molecule has 3 aliphatic rings. The quantitative estimate of drug-likeness (QED) is 0.567. The molecule has 3 fully saturated rings. The number of aromatic nitrogens is 1. The lowest BCUT2D eigenvalue weighted by atomic mass is 9.73. The second-order valence-corrected chi connectivity index (χ2v) is 10.8. The first-order valence-corrected chi connectivity index (χ1v) is 12.7. The summed E-state index contributed by atoms with van der Waals surface area (Å²) in [5.74, 6) is 1.02. The molecule has 3 saturated heterocycles. The van der Waals surface area contributed by atoms with Crippen LogP contribution in [0.4, 0.5) is 0 Å². The summed E-state index contributed by atoms with van der Waals surface area (Å²) in [6.07, 6.45) is 5.95. The molecule has 3 aliphatic heterocycles. The van der Waals surface area contributed by atoms with Crippen molar-refractivity contribution in [2.75, 3.05) is 13.1 Å². The van der Waals surface area contributed by atoms with E-state index in [9.17, 15) is 8.42 Å². The van der Waals surface area contributed by atoms with E-state index in [0.29, 0.717) is 16.7 Å². The number of fused-ring (bicyclic) bond motifs is 4. The van der Waals surface area contributed by atoms with E-state index < -0.39 is 10.0 Å². The largest absolute Gasteiger partial charge is 0.298 e. The van der Waals surface area contributed by atoms with Crippen molar-refractivity contribution in [1.29, 1.82) is 0 Å². The molecule has 1 N–H and O–H groups in total. The maximum Gasteiger partial charge on any atom is 0.241 e. The number of aryl methyl sites for hydroxylation is 1. The fourth-order valence-corrected chi connectivity index (χ4v) is 6.66. The predicted molar refractivity (Wildman–Crippen MR) is 128 cm³/mol. The highest BCUT2D eigenvalue weighted by Gasteiger charge is 2.44. The van der Waals surface area contributed by atoms with E-state index >= 15 is 0 Å². The van der Waals surface area contributed by atoms with Gasteiger partial charge in [-0.2, -0.15) is 0 Å². The van der Waals surface area contributed by atoms with Gasteiger partial charge in [0.2, 0.25) is 10.0 Å². The van der Waals surface area contributed by atoms with Crippen LogP contribution in [0, 0.1) is 18.8 Å². The molecule has 2 bridgehead atoms. The van der Waals surface area contributed by atoms with Crippen molar-refractivity contribution in [2.45, 2.75) is 36.7 Å². The molecule has 0 spiro atoms. The molecule has 6 rings (SSSR count). The third kappa shape index (κ3) is 3.87. The average Bonchev–Trinajstić information content (AvgIpc) is 2.82. The SMILES string of the molecule is C=C[C@H]1CN2CC[C@H]1C[C@H]2[C@@H](NS(=O)(=O)c1ccc(C)cc1)c1ccnc2ccccc12. The fraction of sp³-hybridized carbons (Fsp3) is 0.346. The van der Waals surface area contributed by atoms with Crippen molar-refractivity contribution in [1.82, 2.24) is 14.6 Å². The van der Waals surface area contributed by atoms with Gasteiger partial charge in [-0.05, 0) is 68.0 Å². The van der Waals surface area contributed by atoms with Crippen LogP contribution in [0.1, 0.15) is 30.0 Å². The predicted octanol–water partition coefficient (Wildman–Crippen LogP) is 4.46. The van der Waals surface area contributed by atoms with Crippen LogP contribution in [-0.2, 0) is 10.0 Å². The fourth-order valence-electron chi connectivity index (χ4n) is 5.41. The lowest BCUT2D eigenvalue weighted by Gasteiger charge is -2.51. The minimum Gasteiger partial charge on any atom is -0.298 e. The summed E-state index contributed by atoms with van der Waals surface area (Å²) in [5.41, 5.74) is 2.90. The van der Waals surface area contributed by atoms with E-state index in [0.717, 1.165) is 48.0 Å². The zero-order valence-corrected chi connectivity index (χ0v) is 19.1. The van der Waals surface area contributed by atoms with Gasteiger partial charge in [0.05, 0.1) is 16.5 Å². The van der Waals surface area contributed by atoms with Gasteiger partial charge in [-0.3, -0.25) is 9.88 Å². The molecule has 1 aromatic heterocycles. The molecule has 2 aromatic carbocycles. The van der Waals surface area contributed by atoms with Gasteiger partial charge in [0.25, 0.3) is 0 Å². The summed E-state index contributed by atoms with van der Waals surface area (Å²) < 4.78 is 30.0. The number of nitrogens with zero attached hydrogens (tertiary/aromatic N) is 2. The van der Waals surface area contributed by atoms with Crippen LogP contribution in [-0.4, -0.2) is 37.4 Å². The Morgan fingerprint density at radius 1 is 1.16 bits per heavy atom. The number of sulfonamides is 1. The molecule has 0 amide bonds. The van der Waals surface area contributed by atoms with Gasteiger partial charge in [0.15, 0.2) is 0 Å². The molecular formula is C26H29N3O2S. The number of piperidine rings is 3. The molecule has 1 unspecified atom stereocenters. The highest BCUT2D eigenvalue weighted by Crippen LogP contribution is 2.42. The Balaban J connectivity index is 1.58. The maximum absolute atomic E-state index is 13.5. The molecule has 166 valence electrons. The van der Waals surface area contributed by atoms with Crippen LogP contribution in [0.2, 0.25) is 0 Å². The summed E-state index contributed by atoms with van der Waals surface area (Å²) in [4.78, 5) is 7.25. The summed E-state index contributed by atoms with van der Waals surface area (Å²) in [7, 11) is -3.70. The van der Waals surface area contributed by atoms with Crippen LogP contribution in [0.25, 0.3) is 10.9 Å². The van der Waals surface area contributed by atoms with Crippen LogP contribution in [0.15, 0.2) is 78.3 Å². The second kappa shape index (κ2) is 8.43. The third-order valence-corrected chi connectivity index (χ3v) is 8.63. The van der Waals surface area contributed by atoms with Crippen LogP contribution < -0.4 is 4.72 Å². The Hall–Kier alpha value is -2.54. The molecule has 32 heavy (non-hydrogen) atoms. The lowest BCUT2D eigenvalue weighted by Crippen LogP contribution is -2.57. The minimum absolute atomic E-state index is 0.0935. The molecule has 3 aromatic rings. The monoisotopic (exact) mass is 447 g/mol. The molecule has 0 aliphatic carbocycles. The average molecular weight is 448 g/mol. The van der Waals surface area contributed by atoms with Crippen LogP contribution >= 0.6 is 0 Å². The Morgan fingerprint density at radius 2 is 1.94 bits per heavy atom. The van der Waals surface area contributed by atoms with Gasteiger partial charge < -0.3 is 0 Å². The Kier molecular flexibility index (Phi) is 5.61. The number of pyridine rings is 1. The van der Waals surface area contributed by atoms with Crippen molar-refractivity contribution < 1.29 is 8.42 Å². The number of hydrogen-bond donors (Lipinski definition) is 1. The molecular weight excluding hydrogens is 418 g/mol. The van der Waals surface area contributed by atoms with Crippen molar-refractivity contribution in [3.8, 4) is 0 Å². The number of hydrogen-bond acceptors (Lipinski definition) is 4. The highest BCUT2D eigenvalue weighted by atomic mass is 32.2. The zero-order chi connectivity index (χ0) is 22.3. The van der Waals surface area contributed by atoms with Crippen molar-refractivity contribution in [3.63, 3.8) is 0 Å². The van der Waals surface area contributed by atoms with Gasteiger partial charge in [-0.1, -0.05) is 42.0 Å². The summed E-state index contributed by atoms with van der Waals surface area (Å²) >= 11 is 0. The maximum atomic E-state index is 13.5. The molecule has 0 radical (unpaired) electrons. The van der Waals surface area contributed by atoms with Gasteiger partial charge in [0.1, 0.15) is 0 Å². The summed E-state index contributed by atoms with van der Waals surface area (Å²) in [6.45, 7) is 7.91. The Morgan fingerprint density at radius 3 is 2.66 bits per heavy atom. The third-order valence-electron chi connectivity index (χ3n) is 7.17. The van der Waals surface area contributed by atoms with Crippen LogP contribution in [0.3, 0.4) is 0 Å². The Bertz CT molecular complexity index is 1230. The Labute approximate surface area is 190 Å². The van der Waals surface area contributed by atoms with E-state index in [1.807, 2.05) is 49.4 Å². The zero-order valence-electron chi connectivity index (χ0n) is 18.3. The van der Waals surface area contributed by atoms with E-state index in [-0.39, 0.29) is 12.1 Å². The second-order valence-electron chi connectivity index (χ2n) is 9.08. The lowest BCUT2D eigenvalue weighted by molar-refractivity contribution is 0.00490. The van der Waals surface area contributed by atoms with E-state index in [2.05, 4.69) is 27.3 Å². The molecule has 4 heterocycles. The first-order valence-electron chi connectivity index (χ1n) is 11.3. The molecule has 6 heteroatoms. The minimum atomic E-state index is -3.70. The topological polar surface area (TPSA) is 62.3 Å². The van der Waals surface area contributed by atoms with Crippen molar-refractivity contribution >= 4 is 20.9 Å². The van der Waals surface area contributed by atoms with E-state index in [4.69, 9.17) is 0 Å². The standard InChI is InChI=1S/C26H29N3O2S/c1-3-19-17-29-15-13-20(19)16-25(29)26(23-12-14-27-24-7-5-4-6-22(23)24)28-32(30,31)21-10-8-18(2)9-11-21/h3-12,14,19-20,25-26,28H,1,13,15-17H2,2H3/t19-,20-,25-,26-/m0/s1. The first-order chi connectivity index (χ1) is 15.5. The normalized spacial score (nSPS) is 26.2. The van der Waals surface area contributed by atoms with Gasteiger partial charge >= 0.3 is 0 Å². The summed E-state index contributed by atoms with van der Waals surface area (Å²) in [6, 6.07) is 16.7. The number of benzene rings is 2. The van der Waals surface area contributed by atoms with Crippen molar-refractivity contribution in [3.05, 3.63) is 84.6 Å². The van der Waals surface area contributed by atoms with Gasteiger partial charge in [-0.25, -0.2) is 13.1 Å². The summed E-state index contributed by atoms with van der Waals surface area (Å²) in [5, 5.41) is 0.995. The van der Waals surface area contributed by atoms with E-state index in [1.165, 1.54) is 0 Å². The molecule has 5 nitrogen and oxygen atoms in total. The van der Waals surface area contributed by atoms with Crippen molar-refractivity contribution in [2.24, 2.45) is 11.8 Å². The highest BCUT2D eigenvalue weighted by molar-refractivity contribution is 7.89. The molecule has 5 atom stereocenters. The number of nitrogens with one attached hydrogen (secondary N) is 1. The van der Waals surface area contributed by atoms with E-state index in [1.54, 1.807) is 18.3 Å². The number of rotatable bonds is 6. The van der Waals surface area contributed by atoms with Crippen LogP contribution in [0.5, 0.6) is 0 Å². The van der Waals surface area contributed by atoms with Gasteiger partial charge in [-0.15, -0.1) is 6.58 Å². The first kappa shape index (κ1) is 21.3. The number of para-hydroxylation sites is 1. The smallest absolute Gasteiger partial charge is 0.241 e. The molecule has 0 saturated carbocycles.